The molecular formula is C55H40N2O2. The van der Waals surface area contributed by atoms with Crippen molar-refractivity contribution in [2.24, 2.45) is 0 Å². The third-order valence-corrected chi connectivity index (χ3v) is 10.9. The summed E-state index contributed by atoms with van der Waals surface area (Å²) in [5.41, 5.74) is 13.4. The Morgan fingerprint density at radius 1 is 0.441 bits per heavy atom. The Hall–Kier alpha value is -7.82. The molecule has 0 aliphatic rings. The number of rotatable bonds is 11. The quantitative estimate of drug-likeness (QED) is 0.123. The standard InChI is InChI=1S/C55H40N2O2/c1-2-14-39(40-15-5-3-6-16-40)19-13-36-56(46-32-34-54-50(37-46)48-20-9-11-22-52(48)58-54)43-28-30-45(31-29-43)57(44-26-24-42(25-27-44)41-17-7-4-8-18-41)47-33-35-55-51(38-47)49-21-10-12-23-53(49)59-55/h2-35,37-38H,1,36H2/b19-13-,39-14+. The van der Waals surface area contributed by atoms with Gasteiger partial charge in [-0.3, -0.25) is 0 Å². The van der Waals surface area contributed by atoms with Crippen molar-refractivity contribution in [3.8, 4) is 11.1 Å². The van der Waals surface area contributed by atoms with Crippen LogP contribution in [0.2, 0.25) is 0 Å². The molecule has 8 aromatic carbocycles. The van der Waals surface area contributed by atoms with Crippen LogP contribution in [0.25, 0.3) is 60.6 Å². The number of allylic oxidation sites excluding steroid dienone is 4. The Labute approximate surface area is 343 Å². The zero-order valence-corrected chi connectivity index (χ0v) is 32.4. The van der Waals surface area contributed by atoms with Gasteiger partial charge in [0.1, 0.15) is 22.3 Å². The van der Waals surface area contributed by atoms with Crippen LogP contribution in [-0.4, -0.2) is 6.54 Å². The van der Waals surface area contributed by atoms with Gasteiger partial charge in [-0.25, -0.2) is 0 Å². The molecule has 10 aromatic rings. The monoisotopic (exact) mass is 760 g/mol. The lowest BCUT2D eigenvalue weighted by atomic mass is 10.0. The highest BCUT2D eigenvalue weighted by atomic mass is 16.3. The maximum atomic E-state index is 6.23. The van der Waals surface area contributed by atoms with Gasteiger partial charge in [0, 0.05) is 56.5 Å². The molecule has 4 heteroatoms. The Morgan fingerprint density at radius 2 is 0.915 bits per heavy atom. The van der Waals surface area contributed by atoms with E-state index in [-0.39, 0.29) is 0 Å². The maximum absolute atomic E-state index is 6.23. The molecule has 0 spiro atoms. The van der Waals surface area contributed by atoms with E-state index in [1.54, 1.807) is 0 Å². The molecule has 4 nitrogen and oxygen atoms in total. The largest absolute Gasteiger partial charge is 0.456 e. The lowest BCUT2D eigenvalue weighted by Crippen LogP contribution is -2.17. The fourth-order valence-electron chi connectivity index (χ4n) is 8.05. The minimum Gasteiger partial charge on any atom is -0.456 e. The average Bonchev–Trinajstić information content (AvgIpc) is 3.87. The van der Waals surface area contributed by atoms with E-state index >= 15 is 0 Å². The highest BCUT2D eigenvalue weighted by molar-refractivity contribution is 6.07. The first-order chi connectivity index (χ1) is 29.2. The van der Waals surface area contributed by atoms with Gasteiger partial charge in [0.15, 0.2) is 0 Å². The number of hydrogen-bond donors (Lipinski definition) is 0. The summed E-state index contributed by atoms with van der Waals surface area (Å²) in [6.07, 6.45) is 8.30. The smallest absolute Gasteiger partial charge is 0.135 e. The molecule has 0 aliphatic heterocycles. The number of fused-ring (bicyclic) bond motifs is 6. The predicted molar refractivity (Wildman–Crippen MR) is 248 cm³/mol. The number of nitrogens with zero attached hydrogens (tertiary/aromatic N) is 2. The van der Waals surface area contributed by atoms with Gasteiger partial charge in [0.05, 0.1) is 0 Å². The van der Waals surface area contributed by atoms with Crippen molar-refractivity contribution >= 4 is 77.9 Å². The lowest BCUT2D eigenvalue weighted by molar-refractivity contribution is 0.668. The van der Waals surface area contributed by atoms with Crippen molar-refractivity contribution in [3.05, 3.63) is 231 Å². The molecule has 2 aromatic heterocycles. The summed E-state index contributed by atoms with van der Waals surface area (Å²) in [6, 6.07) is 68.0. The molecule has 0 amide bonds. The minimum atomic E-state index is 0.636. The van der Waals surface area contributed by atoms with E-state index < -0.39 is 0 Å². The van der Waals surface area contributed by atoms with Crippen LogP contribution >= 0.6 is 0 Å². The molecule has 0 saturated heterocycles. The van der Waals surface area contributed by atoms with Crippen molar-refractivity contribution in [1.82, 2.24) is 0 Å². The van der Waals surface area contributed by atoms with E-state index in [1.807, 2.05) is 36.4 Å². The molecule has 0 bridgehead atoms. The summed E-state index contributed by atoms with van der Waals surface area (Å²) in [5.74, 6) is 0. The summed E-state index contributed by atoms with van der Waals surface area (Å²) < 4.78 is 12.5. The summed E-state index contributed by atoms with van der Waals surface area (Å²) in [5, 5.41) is 4.38. The molecule has 0 saturated carbocycles. The van der Waals surface area contributed by atoms with Crippen LogP contribution in [-0.2, 0) is 0 Å². The van der Waals surface area contributed by atoms with E-state index in [0.29, 0.717) is 6.54 Å². The molecule has 0 fully saturated rings. The highest BCUT2D eigenvalue weighted by Crippen LogP contribution is 2.41. The molecule has 0 radical (unpaired) electrons. The zero-order valence-electron chi connectivity index (χ0n) is 32.4. The van der Waals surface area contributed by atoms with Crippen LogP contribution in [0.4, 0.5) is 28.4 Å². The number of benzene rings is 8. The molecule has 0 N–H and O–H groups in total. The van der Waals surface area contributed by atoms with Crippen LogP contribution in [0, 0.1) is 0 Å². The number of para-hydroxylation sites is 2. The Kier molecular flexibility index (Phi) is 9.41. The van der Waals surface area contributed by atoms with E-state index in [4.69, 9.17) is 8.83 Å². The van der Waals surface area contributed by atoms with Gasteiger partial charge in [-0.1, -0.05) is 140 Å². The van der Waals surface area contributed by atoms with Crippen molar-refractivity contribution in [3.63, 3.8) is 0 Å². The minimum absolute atomic E-state index is 0.636. The second kappa shape index (κ2) is 15.6. The van der Waals surface area contributed by atoms with Crippen LogP contribution in [0.3, 0.4) is 0 Å². The second-order valence-electron chi connectivity index (χ2n) is 14.6. The van der Waals surface area contributed by atoms with Crippen LogP contribution in [0.1, 0.15) is 5.56 Å². The number of anilines is 5. The molecular weight excluding hydrogens is 721 g/mol. The fraction of sp³-hybridized carbons (Fsp3) is 0.0182. The van der Waals surface area contributed by atoms with Gasteiger partial charge in [-0.15, -0.1) is 0 Å². The highest BCUT2D eigenvalue weighted by Gasteiger charge is 2.18. The number of furan rings is 2. The molecule has 10 rings (SSSR count). The molecule has 0 unspecified atom stereocenters. The van der Waals surface area contributed by atoms with Crippen LogP contribution < -0.4 is 9.80 Å². The van der Waals surface area contributed by atoms with Crippen LogP contribution in [0.5, 0.6) is 0 Å². The summed E-state index contributed by atoms with van der Waals surface area (Å²) >= 11 is 0. The Balaban J connectivity index is 1.06. The predicted octanol–water partition coefficient (Wildman–Crippen LogP) is 15.6. The van der Waals surface area contributed by atoms with E-state index in [9.17, 15) is 0 Å². The van der Waals surface area contributed by atoms with Gasteiger partial charge in [0.25, 0.3) is 0 Å². The first-order valence-electron chi connectivity index (χ1n) is 19.9. The van der Waals surface area contributed by atoms with E-state index in [0.717, 1.165) is 83.5 Å². The third-order valence-electron chi connectivity index (χ3n) is 10.9. The van der Waals surface area contributed by atoms with E-state index in [1.165, 1.54) is 11.1 Å². The van der Waals surface area contributed by atoms with E-state index in [2.05, 4.69) is 198 Å². The van der Waals surface area contributed by atoms with Crippen molar-refractivity contribution in [1.29, 1.82) is 0 Å². The molecule has 2 heterocycles. The summed E-state index contributed by atoms with van der Waals surface area (Å²) in [6.45, 7) is 4.62. The van der Waals surface area contributed by atoms with Gasteiger partial charge in [-0.2, -0.15) is 0 Å². The first-order valence-corrected chi connectivity index (χ1v) is 19.9. The molecule has 0 atom stereocenters. The maximum Gasteiger partial charge on any atom is 0.135 e. The normalized spacial score (nSPS) is 11.9. The first kappa shape index (κ1) is 35.6. The van der Waals surface area contributed by atoms with Crippen LogP contribution in [0.15, 0.2) is 234 Å². The summed E-state index contributed by atoms with van der Waals surface area (Å²) in [7, 11) is 0. The lowest BCUT2D eigenvalue weighted by Gasteiger charge is -2.28. The summed E-state index contributed by atoms with van der Waals surface area (Å²) in [4.78, 5) is 4.67. The topological polar surface area (TPSA) is 32.8 Å². The van der Waals surface area contributed by atoms with Crippen molar-refractivity contribution < 1.29 is 8.83 Å². The zero-order chi connectivity index (χ0) is 39.5. The fourth-order valence-corrected chi connectivity index (χ4v) is 8.05. The third kappa shape index (κ3) is 6.98. The van der Waals surface area contributed by atoms with Crippen molar-refractivity contribution in [2.45, 2.75) is 0 Å². The Morgan fingerprint density at radius 3 is 1.54 bits per heavy atom. The Bertz CT molecular complexity index is 3140. The van der Waals surface area contributed by atoms with Gasteiger partial charge in [-0.05, 0) is 107 Å². The second-order valence-corrected chi connectivity index (χ2v) is 14.6. The molecule has 59 heavy (non-hydrogen) atoms. The van der Waals surface area contributed by atoms with Crippen molar-refractivity contribution in [2.75, 3.05) is 16.3 Å². The van der Waals surface area contributed by atoms with Gasteiger partial charge < -0.3 is 18.6 Å². The molecule has 0 aliphatic carbocycles. The molecule has 282 valence electrons. The SMILES string of the molecule is C=C/C=C(\C=C/CN(c1ccc(N(c2ccc(-c3ccccc3)cc2)c2ccc3oc4ccccc4c3c2)cc1)c1ccc2oc3ccccc3c2c1)c1ccccc1. The average molecular weight is 761 g/mol. The van der Waals surface area contributed by atoms with Gasteiger partial charge >= 0.3 is 0 Å². The van der Waals surface area contributed by atoms with Gasteiger partial charge in [0.2, 0.25) is 0 Å². The number of hydrogen-bond acceptors (Lipinski definition) is 4.